The second kappa shape index (κ2) is 9.89. The molecule has 4 rings (SSSR count). The van der Waals surface area contributed by atoms with Crippen LogP contribution in [0, 0.1) is 17.5 Å². The fraction of sp³-hybridized carbons (Fsp3) is 0.500. The molecule has 0 bridgehead atoms. The van der Waals surface area contributed by atoms with Crippen LogP contribution in [-0.4, -0.2) is 78.9 Å². The number of hydrogen-bond donors (Lipinski definition) is 2. The van der Waals surface area contributed by atoms with Crippen LogP contribution in [0.3, 0.4) is 0 Å². The average Bonchev–Trinajstić information content (AvgIpc) is 2.93. The van der Waals surface area contributed by atoms with E-state index in [0.29, 0.717) is 45.6 Å². The first-order chi connectivity index (χ1) is 15.7. The van der Waals surface area contributed by atoms with Gasteiger partial charge in [-0.2, -0.15) is 0 Å². The van der Waals surface area contributed by atoms with Gasteiger partial charge in [0.2, 0.25) is 0 Å². The SMILES string of the molecule is OC1(CN2CCOC[C@](O)(COc3cc(F)cc(F)c3)C2)CCN(c2cccc(F)c2)CC1. The maximum absolute atomic E-state index is 13.5. The quantitative estimate of drug-likeness (QED) is 0.683. The molecule has 2 heterocycles. The number of ether oxygens (including phenoxy) is 2. The normalized spacial score (nSPS) is 23.8. The topological polar surface area (TPSA) is 65.4 Å². The summed E-state index contributed by atoms with van der Waals surface area (Å²) in [5.74, 6) is -1.83. The summed E-state index contributed by atoms with van der Waals surface area (Å²) in [6.07, 6.45) is 0.997. The summed E-state index contributed by atoms with van der Waals surface area (Å²) in [5.41, 5.74) is -1.57. The van der Waals surface area contributed by atoms with Gasteiger partial charge >= 0.3 is 0 Å². The minimum absolute atomic E-state index is 0.00702. The van der Waals surface area contributed by atoms with Crippen LogP contribution in [0.4, 0.5) is 18.9 Å². The molecule has 2 fully saturated rings. The maximum atomic E-state index is 13.5. The standard InChI is InChI=1S/C24H29F3N2O4/c25-18-2-1-3-21(11-18)29-6-4-23(30,5-7-29)14-28-8-9-32-16-24(31,15-28)17-33-22-12-19(26)10-20(27)13-22/h1-3,10-13,30-31H,4-9,14-17H2/t24-/m0/s1. The highest BCUT2D eigenvalue weighted by atomic mass is 19.1. The Labute approximate surface area is 191 Å². The van der Waals surface area contributed by atoms with Gasteiger partial charge in [0.05, 0.1) is 18.8 Å². The van der Waals surface area contributed by atoms with Crippen LogP contribution < -0.4 is 9.64 Å². The van der Waals surface area contributed by atoms with Gasteiger partial charge in [0, 0.05) is 56.6 Å². The monoisotopic (exact) mass is 466 g/mol. The molecule has 0 radical (unpaired) electrons. The van der Waals surface area contributed by atoms with E-state index >= 15 is 0 Å². The number of aliphatic hydroxyl groups is 2. The van der Waals surface area contributed by atoms with Crippen LogP contribution >= 0.6 is 0 Å². The van der Waals surface area contributed by atoms with E-state index in [1.165, 1.54) is 12.1 Å². The molecular formula is C24H29F3N2O4. The van der Waals surface area contributed by atoms with Gasteiger partial charge in [-0.1, -0.05) is 6.07 Å². The number of nitrogens with zero attached hydrogens (tertiary/aromatic N) is 2. The first-order valence-electron chi connectivity index (χ1n) is 11.1. The fourth-order valence-corrected chi connectivity index (χ4v) is 4.48. The van der Waals surface area contributed by atoms with Gasteiger partial charge in [-0.05, 0) is 31.0 Å². The maximum Gasteiger partial charge on any atom is 0.134 e. The largest absolute Gasteiger partial charge is 0.490 e. The smallest absolute Gasteiger partial charge is 0.134 e. The Kier molecular flexibility index (Phi) is 7.13. The highest BCUT2D eigenvalue weighted by Gasteiger charge is 2.39. The summed E-state index contributed by atoms with van der Waals surface area (Å²) in [6, 6.07) is 9.27. The molecule has 0 saturated carbocycles. The molecule has 2 saturated heterocycles. The van der Waals surface area contributed by atoms with Gasteiger partial charge in [0.15, 0.2) is 0 Å². The molecule has 0 amide bonds. The third-order valence-corrected chi connectivity index (χ3v) is 6.17. The van der Waals surface area contributed by atoms with Crippen LogP contribution in [0.25, 0.3) is 0 Å². The molecule has 0 aromatic heterocycles. The number of benzene rings is 2. The molecule has 180 valence electrons. The molecule has 1 atom stereocenters. The summed E-state index contributed by atoms with van der Waals surface area (Å²) in [4.78, 5) is 3.98. The van der Waals surface area contributed by atoms with Crippen LogP contribution in [0.1, 0.15) is 12.8 Å². The van der Waals surface area contributed by atoms with Gasteiger partial charge in [0.25, 0.3) is 0 Å². The second-order valence-electron chi connectivity index (χ2n) is 9.07. The minimum Gasteiger partial charge on any atom is -0.490 e. The number of β-amino-alcohol motifs (C(OH)–C–C–N with tert-alkyl or cyclic N) is 2. The second-order valence-corrected chi connectivity index (χ2v) is 9.07. The van der Waals surface area contributed by atoms with Crippen molar-refractivity contribution in [2.45, 2.75) is 24.0 Å². The summed E-state index contributed by atoms with van der Waals surface area (Å²) in [5, 5.41) is 22.2. The number of anilines is 1. The molecule has 2 aliphatic heterocycles. The van der Waals surface area contributed by atoms with E-state index in [2.05, 4.69) is 0 Å². The predicted molar refractivity (Wildman–Crippen MR) is 117 cm³/mol. The van der Waals surface area contributed by atoms with E-state index in [0.717, 1.165) is 23.9 Å². The first kappa shape index (κ1) is 23.8. The van der Waals surface area contributed by atoms with Crippen molar-refractivity contribution in [1.29, 1.82) is 0 Å². The average molecular weight is 467 g/mol. The van der Waals surface area contributed by atoms with Crippen molar-refractivity contribution in [1.82, 2.24) is 4.90 Å². The Balaban J connectivity index is 1.34. The van der Waals surface area contributed by atoms with Gasteiger partial charge in [0.1, 0.15) is 35.4 Å². The zero-order valence-electron chi connectivity index (χ0n) is 18.4. The molecule has 0 spiro atoms. The van der Waals surface area contributed by atoms with Gasteiger partial charge in [-0.25, -0.2) is 13.2 Å². The zero-order valence-corrected chi connectivity index (χ0v) is 18.4. The lowest BCUT2D eigenvalue weighted by Crippen LogP contribution is -2.55. The van der Waals surface area contributed by atoms with E-state index in [4.69, 9.17) is 9.47 Å². The summed E-state index contributed by atoms with van der Waals surface area (Å²) in [7, 11) is 0. The first-order valence-corrected chi connectivity index (χ1v) is 11.1. The molecule has 2 aliphatic rings. The molecule has 2 N–H and O–H groups in total. The number of rotatable bonds is 6. The van der Waals surface area contributed by atoms with E-state index < -0.39 is 22.8 Å². The molecule has 0 aliphatic carbocycles. The van der Waals surface area contributed by atoms with Gasteiger partial charge in [-0.15, -0.1) is 0 Å². The Morgan fingerprint density at radius 2 is 1.64 bits per heavy atom. The Morgan fingerprint density at radius 1 is 0.909 bits per heavy atom. The molecule has 2 aromatic carbocycles. The van der Waals surface area contributed by atoms with Gasteiger partial charge in [-0.3, -0.25) is 4.90 Å². The minimum atomic E-state index is -1.40. The number of halogens is 3. The molecule has 6 nitrogen and oxygen atoms in total. The van der Waals surface area contributed by atoms with E-state index in [9.17, 15) is 23.4 Å². The van der Waals surface area contributed by atoms with Crippen LogP contribution in [0.15, 0.2) is 42.5 Å². The van der Waals surface area contributed by atoms with Crippen molar-refractivity contribution in [3.63, 3.8) is 0 Å². The Morgan fingerprint density at radius 3 is 2.33 bits per heavy atom. The third-order valence-electron chi connectivity index (χ3n) is 6.17. The number of piperidine rings is 1. The van der Waals surface area contributed by atoms with E-state index in [1.807, 2.05) is 15.9 Å². The molecule has 0 unspecified atom stereocenters. The van der Waals surface area contributed by atoms with Crippen molar-refractivity contribution in [3.05, 3.63) is 59.9 Å². The zero-order chi connectivity index (χ0) is 23.5. The van der Waals surface area contributed by atoms with Crippen molar-refractivity contribution in [2.75, 3.05) is 57.4 Å². The number of hydrogen-bond acceptors (Lipinski definition) is 6. The molecule has 33 heavy (non-hydrogen) atoms. The van der Waals surface area contributed by atoms with Crippen LogP contribution in [0.5, 0.6) is 5.75 Å². The van der Waals surface area contributed by atoms with Crippen molar-refractivity contribution >= 4 is 5.69 Å². The summed E-state index contributed by atoms with van der Waals surface area (Å²) in [6.45, 7) is 2.39. The lowest BCUT2D eigenvalue weighted by atomic mass is 9.90. The molecule has 2 aromatic rings. The summed E-state index contributed by atoms with van der Waals surface area (Å²) < 4.78 is 51.4. The Hall–Kier alpha value is -2.33. The Bertz CT molecular complexity index is 935. The van der Waals surface area contributed by atoms with Crippen molar-refractivity contribution < 1.29 is 32.9 Å². The van der Waals surface area contributed by atoms with Gasteiger partial charge < -0.3 is 24.6 Å². The molecular weight excluding hydrogens is 437 g/mol. The van der Waals surface area contributed by atoms with E-state index in [1.54, 1.807) is 6.07 Å². The molecule has 9 heteroatoms. The highest BCUT2D eigenvalue weighted by molar-refractivity contribution is 5.47. The summed E-state index contributed by atoms with van der Waals surface area (Å²) >= 11 is 0. The predicted octanol–water partition coefficient (Wildman–Crippen LogP) is 2.58. The van der Waals surface area contributed by atoms with Crippen LogP contribution in [-0.2, 0) is 4.74 Å². The fourth-order valence-electron chi connectivity index (χ4n) is 4.48. The lowest BCUT2D eigenvalue weighted by molar-refractivity contribution is -0.0743. The highest BCUT2D eigenvalue weighted by Crippen LogP contribution is 2.28. The lowest BCUT2D eigenvalue weighted by Gasteiger charge is -2.42. The third kappa shape index (κ3) is 6.38. The van der Waals surface area contributed by atoms with Crippen molar-refractivity contribution in [2.24, 2.45) is 0 Å². The van der Waals surface area contributed by atoms with Crippen molar-refractivity contribution in [3.8, 4) is 5.75 Å². The van der Waals surface area contributed by atoms with Crippen LogP contribution in [0.2, 0.25) is 0 Å². The van der Waals surface area contributed by atoms with E-state index in [-0.39, 0.29) is 31.3 Å².